The quantitative estimate of drug-likeness (QED) is 0.866. The fraction of sp³-hybridized carbons (Fsp3) is 0.636. The summed E-state index contributed by atoms with van der Waals surface area (Å²) >= 11 is 0. The summed E-state index contributed by atoms with van der Waals surface area (Å²) in [6.07, 6.45) is 5.64. The van der Waals surface area contributed by atoms with Crippen LogP contribution in [0.3, 0.4) is 0 Å². The van der Waals surface area contributed by atoms with Crippen LogP contribution < -0.4 is 5.32 Å². The molecule has 1 aromatic rings. The van der Waals surface area contributed by atoms with E-state index in [2.05, 4.69) is 35.3 Å². The molecule has 1 N–H and O–H groups in total. The normalized spacial score (nSPS) is 23.9. The van der Waals surface area contributed by atoms with Crippen LogP contribution in [0, 0.1) is 5.92 Å². The van der Waals surface area contributed by atoms with Gasteiger partial charge in [0.1, 0.15) is 0 Å². The molecule has 2 saturated heterocycles. The first-order valence-corrected chi connectivity index (χ1v) is 10.4. The van der Waals surface area contributed by atoms with Crippen molar-refractivity contribution in [3.05, 3.63) is 35.4 Å². The number of nitrogens with one attached hydrogen (secondary N) is 1. The van der Waals surface area contributed by atoms with Gasteiger partial charge in [-0.05, 0) is 50.3 Å². The summed E-state index contributed by atoms with van der Waals surface area (Å²) in [5, 5.41) is 3.12. The largest absolute Gasteiger partial charge is 0.352 e. The lowest BCUT2D eigenvalue weighted by Gasteiger charge is -2.34. The standard InChI is InChI=1S/C22H33N3O2/c1-17-8-5-6-12-24(17)15-20-10-4-3-9-19(20)14-23-22(27)21-11-7-13-25(16-21)18(2)26/h3-4,9-10,17,21H,5-8,11-16H2,1-2H3,(H,23,27)/t17-,21+/m0/s1. The predicted molar refractivity (Wildman–Crippen MR) is 107 cm³/mol. The maximum absolute atomic E-state index is 12.6. The number of carbonyl (C=O) groups excluding carboxylic acids is 2. The minimum absolute atomic E-state index is 0.0634. The van der Waals surface area contributed by atoms with Gasteiger partial charge in [-0.3, -0.25) is 14.5 Å². The Balaban J connectivity index is 1.57. The number of carbonyl (C=O) groups is 2. The number of hydrogen-bond acceptors (Lipinski definition) is 3. The van der Waals surface area contributed by atoms with Crippen molar-refractivity contribution in [2.45, 2.75) is 65.1 Å². The van der Waals surface area contributed by atoms with Crippen molar-refractivity contribution in [3.63, 3.8) is 0 Å². The molecule has 1 aromatic carbocycles. The van der Waals surface area contributed by atoms with Crippen LogP contribution in [0.1, 0.15) is 57.1 Å². The summed E-state index contributed by atoms with van der Waals surface area (Å²) < 4.78 is 0. The number of amides is 2. The minimum Gasteiger partial charge on any atom is -0.352 e. The summed E-state index contributed by atoms with van der Waals surface area (Å²) in [5.74, 6) is 0.0486. The topological polar surface area (TPSA) is 52.7 Å². The molecule has 5 nitrogen and oxygen atoms in total. The lowest BCUT2D eigenvalue weighted by atomic mass is 9.96. The highest BCUT2D eigenvalue weighted by molar-refractivity contribution is 5.80. The van der Waals surface area contributed by atoms with Gasteiger partial charge >= 0.3 is 0 Å². The van der Waals surface area contributed by atoms with Crippen LogP contribution >= 0.6 is 0 Å². The summed E-state index contributed by atoms with van der Waals surface area (Å²) in [5.41, 5.74) is 2.50. The van der Waals surface area contributed by atoms with E-state index >= 15 is 0 Å². The average molecular weight is 372 g/mol. The number of rotatable bonds is 5. The SMILES string of the molecule is CC(=O)N1CCC[C@@H](C(=O)NCc2ccccc2CN2CCCC[C@@H]2C)C1. The van der Waals surface area contributed by atoms with Crippen LogP contribution in [0.4, 0.5) is 0 Å². The number of likely N-dealkylation sites (tertiary alicyclic amines) is 2. The van der Waals surface area contributed by atoms with E-state index in [-0.39, 0.29) is 17.7 Å². The maximum atomic E-state index is 12.6. The van der Waals surface area contributed by atoms with E-state index in [9.17, 15) is 9.59 Å². The molecule has 3 rings (SSSR count). The summed E-state index contributed by atoms with van der Waals surface area (Å²) in [6, 6.07) is 9.05. The van der Waals surface area contributed by atoms with E-state index in [1.54, 1.807) is 11.8 Å². The van der Waals surface area contributed by atoms with Gasteiger partial charge in [-0.25, -0.2) is 0 Å². The zero-order chi connectivity index (χ0) is 19.2. The van der Waals surface area contributed by atoms with Gasteiger partial charge in [0, 0.05) is 39.1 Å². The van der Waals surface area contributed by atoms with Crippen molar-refractivity contribution in [1.29, 1.82) is 0 Å². The van der Waals surface area contributed by atoms with Crippen LogP contribution in [0.25, 0.3) is 0 Å². The molecule has 0 saturated carbocycles. The molecule has 5 heteroatoms. The van der Waals surface area contributed by atoms with Crippen LogP contribution in [0.15, 0.2) is 24.3 Å². The van der Waals surface area contributed by atoms with Gasteiger partial charge in [-0.1, -0.05) is 30.7 Å². The maximum Gasteiger partial charge on any atom is 0.225 e. The molecule has 148 valence electrons. The third-order valence-electron chi connectivity index (χ3n) is 6.12. The van der Waals surface area contributed by atoms with Gasteiger partial charge in [-0.2, -0.15) is 0 Å². The molecular formula is C22H33N3O2. The fourth-order valence-electron chi connectivity index (χ4n) is 4.30. The molecule has 2 aliphatic rings. The Morgan fingerprint density at radius 1 is 1.07 bits per heavy atom. The zero-order valence-electron chi connectivity index (χ0n) is 16.7. The molecule has 0 spiro atoms. The molecular weight excluding hydrogens is 338 g/mol. The van der Waals surface area contributed by atoms with Crippen molar-refractivity contribution in [2.24, 2.45) is 5.92 Å². The number of nitrogens with zero attached hydrogens (tertiary/aromatic N) is 2. The summed E-state index contributed by atoms with van der Waals surface area (Å²) in [7, 11) is 0. The molecule has 2 aliphatic heterocycles. The highest BCUT2D eigenvalue weighted by Gasteiger charge is 2.27. The minimum atomic E-state index is -0.0862. The molecule has 0 radical (unpaired) electrons. The third-order valence-corrected chi connectivity index (χ3v) is 6.12. The smallest absolute Gasteiger partial charge is 0.225 e. The van der Waals surface area contributed by atoms with E-state index in [0.29, 0.717) is 19.1 Å². The van der Waals surface area contributed by atoms with Crippen LogP contribution in [-0.4, -0.2) is 47.3 Å². The lowest BCUT2D eigenvalue weighted by Crippen LogP contribution is -2.44. The first kappa shape index (κ1) is 19.9. The van der Waals surface area contributed by atoms with Gasteiger partial charge in [0.2, 0.25) is 11.8 Å². The molecule has 0 bridgehead atoms. The Morgan fingerprint density at radius 3 is 2.59 bits per heavy atom. The van der Waals surface area contributed by atoms with Gasteiger partial charge in [0.25, 0.3) is 0 Å². The van der Waals surface area contributed by atoms with E-state index < -0.39 is 0 Å². The first-order chi connectivity index (χ1) is 13.0. The number of hydrogen-bond donors (Lipinski definition) is 1. The lowest BCUT2D eigenvalue weighted by molar-refractivity contribution is -0.134. The average Bonchev–Trinajstić information content (AvgIpc) is 2.69. The van der Waals surface area contributed by atoms with Crippen LogP contribution in [0.5, 0.6) is 0 Å². The number of benzene rings is 1. The van der Waals surface area contributed by atoms with Crippen LogP contribution in [0.2, 0.25) is 0 Å². The van der Waals surface area contributed by atoms with Crippen molar-refractivity contribution in [1.82, 2.24) is 15.1 Å². The Kier molecular flexibility index (Phi) is 6.89. The molecule has 0 aliphatic carbocycles. The Labute approximate surface area is 163 Å². The molecule has 2 heterocycles. The molecule has 2 amide bonds. The summed E-state index contributed by atoms with van der Waals surface area (Å²) in [6.45, 7) is 7.89. The van der Waals surface area contributed by atoms with E-state index in [0.717, 1.165) is 32.5 Å². The van der Waals surface area contributed by atoms with Crippen LogP contribution in [-0.2, 0) is 22.7 Å². The van der Waals surface area contributed by atoms with Crippen molar-refractivity contribution in [3.8, 4) is 0 Å². The molecule has 2 fully saturated rings. The zero-order valence-corrected chi connectivity index (χ0v) is 16.7. The second kappa shape index (κ2) is 9.36. The molecule has 2 atom stereocenters. The van der Waals surface area contributed by atoms with Crippen molar-refractivity contribution >= 4 is 11.8 Å². The van der Waals surface area contributed by atoms with E-state index in [1.807, 2.05) is 6.07 Å². The summed E-state index contributed by atoms with van der Waals surface area (Å²) in [4.78, 5) is 28.6. The molecule has 0 unspecified atom stereocenters. The Morgan fingerprint density at radius 2 is 1.85 bits per heavy atom. The fourth-order valence-corrected chi connectivity index (χ4v) is 4.30. The number of piperidine rings is 2. The van der Waals surface area contributed by atoms with E-state index in [4.69, 9.17) is 0 Å². The highest BCUT2D eigenvalue weighted by Crippen LogP contribution is 2.21. The predicted octanol–water partition coefficient (Wildman–Crippen LogP) is 2.94. The third kappa shape index (κ3) is 5.32. The highest BCUT2D eigenvalue weighted by atomic mass is 16.2. The van der Waals surface area contributed by atoms with E-state index in [1.165, 1.54) is 30.4 Å². The second-order valence-electron chi connectivity index (χ2n) is 8.11. The molecule has 0 aromatic heterocycles. The van der Waals surface area contributed by atoms with Gasteiger partial charge in [-0.15, -0.1) is 0 Å². The van der Waals surface area contributed by atoms with Gasteiger partial charge in [0.15, 0.2) is 0 Å². The Bertz CT molecular complexity index is 661. The van der Waals surface area contributed by atoms with Crippen molar-refractivity contribution < 1.29 is 9.59 Å². The van der Waals surface area contributed by atoms with Gasteiger partial charge in [0.05, 0.1) is 5.92 Å². The van der Waals surface area contributed by atoms with Crippen molar-refractivity contribution in [2.75, 3.05) is 19.6 Å². The molecule has 27 heavy (non-hydrogen) atoms. The Hall–Kier alpha value is -1.88. The van der Waals surface area contributed by atoms with Gasteiger partial charge < -0.3 is 10.2 Å². The monoisotopic (exact) mass is 371 g/mol. The first-order valence-electron chi connectivity index (χ1n) is 10.4. The second-order valence-corrected chi connectivity index (χ2v) is 8.11.